The van der Waals surface area contributed by atoms with Gasteiger partial charge in [-0.15, -0.1) is 0 Å². The van der Waals surface area contributed by atoms with Crippen LogP contribution in [0.3, 0.4) is 0 Å². The minimum atomic E-state index is -2.27. The zero-order chi connectivity index (χ0) is 17.2. The van der Waals surface area contributed by atoms with E-state index >= 15 is 0 Å². The van der Waals surface area contributed by atoms with Crippen molar-refractivity contribution in [1.82, 2.24) is 29.4 Å². The molecule has 4 heterocycles. The number of nitrogens with zero attached hydrogens (tertiary/aromatic N) is 6. The first-order valence-electron chi connectivity index (χ1n) is 8.29. The molecule has 3 aromatic heterocycles. The molecular weight excluding hydrogens is 330 g/mol. The molecule has 0 aliphatic carbocycles. The third kappa shape index (κ3) is 3.51. The topological polar surface area (TPSA) is 72.4 Å². The van der Waals surface area contributed by atoms with Gasteiger partial charge in [0.25, 0.3) is 6.43 Å². The summed E-state index contributed by atoms with van der Waals surface area (Å²) in [6.45, 7) is 1.24. The zero-order valence-corrected chi connectivity index (χ0v) is 13.6. The van der Waals surface area contributed by atoms with Gasteiger partial charge < -0.3 is 4.52 Å². The van der Waals surface area contributed by atoms with Crippen molar-refractivity contribution in [2.24, 2.45) is 5.92 Å². The molecule has 0 amide bonds. The first-order chi connectivity index (χ1) is 12.2. The van der Waals surface area contributed by atoms with E-state index in [1.807, 2.05) is 9.30 Å². The van der Waals surface area contributed by atoms with Gasteiger partial charge in [-0.3, -0.25) is 14.3 Å². The van der Waals surface area contributed by atoms with Gasteiger partial charge in [0, 0.05) is 18.8 Å². The van der Waals surface area contributed by atoms with Gasteiger partial charge in [0.15, 0.2) is 5.65 Å². The van der Waals surface area contributed by atoms with Crippen LogP contribution in [0.4, 0.5) is 8.78 Å². The predicted molar refractivity (Wildman–Crippen MR) is 85.2 cm³/mol. The highest BCUT2D eigenvalue weighted by Gasteiger charge is 2.23. The molecular formula is C16H18F2N6O. The Balaban J connectivity index is 1.41. The van der Waals surface area contributed by atoms with Crippen LogP contribution in [-0.4, -0.2) is 55.5 Å². The lowest BCUT2D eigenvalue weighted by atomic mass is 9.93. The van der Waals surface area contributed by atoms with E-state index in [0.717, 1.165) is 24.2 Å². The van der Waals surface area contributed by atoms with Crippen molar-refractivity contribution >= 4 is 5.65 Å². The Morgan fingerprint density at radius 2 is 2.08 bits per heavy atom. The monoisotopic (exact) mass is 348 g/mol. The van der Waals surface area contributed by atoms with Crippen LogP contribution < -0.4 is 0 Å². The SMILES string of the molecule is FC(F)CN1CCC(Cc2nc(-c3cnc4cnccn34)no2)CC1. The molecule has 0 saturated carbocycles. The van der Waals surface area contributed by atoms with E-state index in [9.17, 15) is 8.78 Å². The fourth-order valence-electron chi connectivity index (χ4n) is 3.26. The summed E-state index contributed by atoms with van der Waals surface area (Å²) >= 11 is 0. The van der Waals surface area contributed by atoms with Crippen molar-refractivity contribution in [3.8, 4) is 11.5 Å². The fourth-order valence-corrected chi connectivity index (χ4v) is 3.26. The number of hydrogen-bond donors (Lipinski definition) is 0. The quantitative estimate of drug-likeness (QED) is 0.704. The number of alkyl halides is 2. The molecule has 0 bridgehead atoms. The van der Waals surface area contributed by atoms with Crippen molar-refractivity contribution in [3.05, 3.63) is 30.7 Å². The molecule has 1 saturated heterocycles. The van der Waals surface area contributed by atoms with Crippen LogP contribution in [0.1, 0.15) is 18.7 Å². The molecule has 1 fully saturated rings. The van der Waals surface area contributed by atoms with Crippen molar-refractivity contribution in [1.29, 1.82) is 0 Å². The van der Waals surface area contributed by atoms with E-state index in [1.54, 1.807) is 24.8 Å². The summed E-state index contributed by atoms with van der Waals surface area (Å²) in [7, 11) is 0. The number of hydrogen-bond acceptors (Lipinski definition) is 6. The molecule has 0 N–H and O–H groups in total. The number of piperidine rings is 1. The van der Waals surface area contributed by atoms with E-state index in [0.29, 0.717) is 37.1 Å². The van der Waals surface area contributed by atoms with Gasteiger partial charge in [-0.05, 0) is 31.8 Å². The molecule has 0 atom stereocenters. The number of aromatic nitrogens is 5. The first-order valence-corrected chi connectivity index (χ1v) is 8.29. The van der Waals surface area contributed by atoms with Crippen LogP contribution in [0.15, 0.2) is 29.3 Å². The van der Waals surface area contributed by atoms with Crippen LogP contribution in [0.5, 0.6) is 0 Å². The second-order valence-electron chi connectivity index (χ2n) is 6.30. The molecule has 1 aliphatic heterocycles. The van der Waals surface area contributed by atoms with E-state index in [-0.39, 0.29) is 6.54 Å². The van der Waals surface area contributed by atoms with E-state index in [2.05, 4.69) is 20.1 Å². The van der Waals surface area contributed by atoms with E-state index in [4.69, 9.17) is 4.52 Å². The Kier molecular flexibility index (Phi) is 4.39. The lowest BCUT2D eigenvalue weighted by Gasteiger charge is -2.30. The Morgan fingerprint density at radius 1 is 1.24 bits per heavy atom. The number of likely N-dealkylation sites (tertiary alicyclic amines) is 1. The summed E-state index contributed by atoms with van der Waals surface area (Å²) < 4.78 is 32.1. The van der Waals surface area contributed by atoms with Crippen molar-refractivity contribution in [3.63, 3.8) is 0 Å². The second-order valence-corrected chi connectivity index (χ2v) is 6.30. The maximum atomic E-state index is 12.4. The molecule has 0 aromatic carbocycles. The molecule has 0 spiro atoms. The van der Waals surface area contributed by atoms with Crippen molar-refractivity contribution in [2.75, 3.05) is 19.6 Å². The van der Waals surface area contributed by atoms with Gasteiger partial charge in [-0.25, -0.2) is 13.8 Å². The number of rotatable bonds is 5. The van der Waals surface area contributed by atoms with Crippen molar-refractivity contribution in [2.45, 2.75) is 25.7 Å². The Hall–Kier alpha value is -2.42. The van der Waals surface area contributed by atoms with Crippen LogP contribution in [0.2, 0.25) is 0 Å². The maximum absolute atomic E-state index is 12.4. The Morgan fingerprint density at radius 3 is 2.88 bits per heavy atom. The number of halogens is 2. The highest BCUT2D eigenvalue weighted by atomic mass is 19.3. The van der Waals surface area contributed by atoms with Gasteiger partial charge in [-0.2, -0.15) is 4.98 Å². The van der Waals surface area contributed by atoms with E-state index in [1.165, 1.54) is 0 Å². The second kappa shape index (κ2) is 6.83. The molecule has 0 radical (unpaired) electrons. The maximum Gasteiger partial charge on any atom is 0.251 e. The van der Waals surface area contributed by atoms with Gasteiger partial charge in [-0.1, -0.05) is 5.16 Å². The molecule has 25 heavy (non-hydrogen) atoms. The number of fused-ring (bicyclic) bond motifs is 1. The molecule has 0 unspecified atom stereocenters. The molecule has 4 rings (SSSR count). The standard InChI is InChI=1S/C16H18F2N6O/c17-13(18)10-23-4-1-11(2-5-23)7-15-21-16(22-25-15)12-8-20-14-9-19-3-6-24(12)14/h3,6,8-9,11,13H,1-2,4-5,7,10H2. The van der Waals surface area contributed by atoms with Gasteiger partial charge in [0.2, 0.25) is 11.7 Å². The molecule has 1 aliphatic rings. The van der Waals surface area contributed by atoms with E-state index < -0.39 is 6.43 Å². The van der Waals surface area contributed by atoms with Crippen LogP contribution in [-0.2, 0) is 6.42 Å². The first kappa shape index (κ1) is 16.1. The largest absolute Gasteiger partial charge is 0.339 e. The minimum absolute atomic E-state index is 0.138. The lowest BCUT2D eigenvalue weighted by Crippen LogP contribution is -2.37. The minimum Gasteiger partial charge on any atom is -0.339 e. The summed E-state index contributed by atoms with van der Waals surface area (Å²) in [5.74, 6) is 1.45. The van der Waals surface area contributed by atoms with Crippen molar-refractivity contribution < 1.29 is 13.3 Å². The van der Waals surface area contributed by atoms with Gasteiger partial charge in [0.1, 0.15) is 5.69 Å². The van der Waals surface area contributed by atoms with Crippen LogP contribution in [0.25, 0.3) is 17.2 Å². The fraction of sp³-hybridized carbons (Fsp3) is 0.500. The third-order valence-electron chi connectivity index (χ3n) is 4.58. The Bertz CT molecular complexity index is 840. The molecule has 3 aromatic rings. The zero-order valence-electron chi connectivity index (χ0n) is 13.6. The van der Waals surface area contributed by atoms with Crippen LogP contribution >= 0.6 is 0 Å². The van der Waals surface area contributed by atoms with Gasteiger partial charge in [0.05, 0.1) is 18.9 Å². The Labute approximate surface area is 142 Å². The predicted octanol–water partition coefficient (Wildman–Crippen LogP) is 2.30. The molecule has 132 valence electrons. The number of imidazole rings is 1. The summed E-state index contributed by atoms with van der Waals surface area (Å²) in [4.78, 5) is 14.6. The highest BCUT2D eigenvalue weighted by Crippen LogP contribution is 2.23. The highest BCUT2D eigenvalue weighted by molar-refractivity contribution is 5.55. The summed E-state index contributed by atoms with van der Waals surface area (Å²) in [5, 5.41) is 4.05. The third-order valence-corrected chi connectivity index (χ3v) is 4.58. The average molecular weight is 348 g/mol. The molecule has 9 heteroatoms. The molecule has 7 nitrogen and oxygen atoms in total. The normalized spacial score (nSPS) is 16.9. The smallest absolute Gasteiger partial charge is 0.251 e. The lowest BCUT2D eigenvalue weighted by molar-refractivity contribution is 0.0681. The summed E-state index contributed by atoms with van der Waals surface area (Å²) in [6.07, 6.45) is 6.96. The van der Waals surface area contributed by atoms with Gasteiger partial charge >= 0.3 is 0 Å². The summed E-state index contributed by atoms with van der Waals surface area (Å²) in [6, 6.07) is 0. The summed E-state index contributed by atoms with van der Waals surface area (Å²) in [5.41, 5.74) is 1.47. The van der Waals surface area contributed by atoms with Crippen LogP contribution in [0, 0.1) is 5.92 Å². The average Bonchev–Trinajstić information content (AvgIpc) is 3.22.